The smallest absolute Gasteiger partial charge is 0.321 e. The molecule has 2 aromatic rings. The summed E-state index contributed by atoms with van der Waals surface area (Å²) < 4.78 is 1.50. The maximum absolute atomic E-state index is 12.0. The van der Waals surface area contributed by atoms with E-state index in [4.69, 9.17) is 0 Å². The fourth-order valence-electron chi connectivity index (χ4n) is 3.03. The van der Waals surface area contributed by atoms with Crippen molar-refractivity contribution in [1.82, 2.24) is 14.3 Å². The van der Waals surface area contributed by atoms with Gasteiger partial charge in [0.05, 0.1) is 5.69 Å². The van der Waals surface area contributed by atoms with E-state index < -0.39 is 12.0 Å². The second kappa shape index (κ2) is 5.57. The minimum absolute atomic E-state index is 0.114. The Balaban J connectivity index is 1.89. The Morgan fingerprint density at radius 3 is 3.14 bits per heavy atom. The van der Waals surface area contributed by atoms with E-state index in [0.29, 0.717) is 17.2 Å². The number of carbonyl (C=O) groups is 1. The number of aromatic nitrogens is 2. The lowest BCUT2D eigenvalue weighted by Crippen LogP contribution is -2.48. The molecular weight excluding hydrogens is 290 g/mol. The molecule has 0 radical (unpaired) electrons. The second-order valence-corrected chi connectivity index (χ2v) is 6.39. The molecule has 0 aromatic carbocycles. The average molecular weight is 307 g/mol. The van der Waals surface area contributed by atoms with Crippen molar-refractivity contribution in [2.45, 2.75) is 32.4 Å². The number of fused-ring (bicyclic) bond motifs is 1. The highest BCUT2D eigenvalue weighted by Gasteiger charge is 2.34. The Morgan fingerprint density at radius 2 is 2.38 bits per heavy atom. The third kappa shape index (κ3) is 2.71. The molecule has 0 bridgehead atoms. The SMILES string of the molecule is CC1CCCN(Cc2cc(=O)n3ccsc3n2)C1C(=O)O. The second-order valence-electron chi connectivity index (χ2n) is 5.51. The standard InChI is InChI=1S/C14H17N3O3S/c1-9-3-2-4-16(12(9)13(19)20)8-10-7-11(18)17-5-6-21-14(17)15-10/h5-7,9,12H,2-4,8H2,1H3,(H,19,20). The molecule has 2 aromatic heterocycles. The molecule has 0 amide bonds. The first kappa shape index (κ1) is 14.2. The van der Waals surface area contributed by atoms with Crippen LogP contribution in [0.4, 0.5) is 0 Å². The Morgan fingerprint density at radius 1 is 1.57 bits per heavy atom. The van der Waals surface area contributed by atoms with Gasteiger partial charge in [-0.3, -0.25) is 18.9 Å². The number of hydrogen-bond acceptors (Lipinski definition) is 5. The highest BCUT2D eigenvalue weighted by molar-refractivity contribution is 7.15. The number of hydrogen-bond donors (Lipinski definition) is 1. The Hall–Kier alpha value is -1.73. The summed E-state index contributed by atoms with van der Waals surface area (Å²) in [6.45, 7) is 3.10. The Labute approximate surface area is 125 Å². The zero-order valence-electron chi connectivity index (χ0n) is 11.7. The van der Waals surface area contributed by atoms with Gasteiger partial charge in [0.1, 0.15) is 6.04 Å². The summed E-state index contributed by atoms with van der Waals surface area (Å²) in [4.78, 5) is 30.5. The maximum atomic E-state index is 12.0. The van der Waals surface area contributed by atoms with Gasteiger partial charge in [0.15, 0.2) is 4.96 Å². The first-order chi connectivity index (χ1) is 10.1. The summed E-state index contributed by atoms with van der Waals surface area (Å²) in [6, 6.07) is 1.00. The summed E-state index contributed by atoms with van der Waals surface area (Å²) in [5, 5.41) is 11.2. The van der Waals surface area contributed by atoms with Crippen LogP contribution in [0, 0.1) is 5.92 Å². The molecule has 1 saturated heterocycles. The molecule has 1 N–H and O–H groups in total. The average Bonchev–Trinajstić information content (AvgIpc) is 2.87. The molecule has 1 aliphatic rings. The zero-order chi connectivity index (χ0) is 15.0. The van der Waals surface area contributed by atoms with Crippen molar-refractivity contribution in [3.8, 4) is 0 Å². The highest BCUT2D eigenvalue weighted by atomic mass is 32.1. The molecule has 21 heavy (non-hydrogen) atoms. The molecule has 2 unspecified atom stereocenters. The summed E-state index contributed by atoms with van der Waals surface area (Å²) in [5.41, 5.74) is 0.524. The normalized spacial score (nSPS) is 23.5. The molecule has 2 atom stereocenters. The van der Waals surface area contributed by atoms with Gasteiger partial charge >= 0.3 is 5.97 Å². The number of likely N-dealkylation sites (tertiary alicyclic amines) is 1. The van der Waals surface area contributed by atoms with E-state index in [9.17, 15) is 14.7 Å². The van der Waals surface area contributed by atoms with Crippen molar-refractivity contribution in [2.24, 2.45) is 5.92 Å². The largest absolute Gasteiger partial charge is 0.480 e. The van der Waals surface area contributed by atoms with Gasteiger partial charge in [-0.2, -0.15) is 0 Å². The lowest BCUT2D eigenvalue weighted by atomic mass is 9.90. The van der Waals surface area contributed by atoms with Crippen LogP contribution < -0.4 is 5.56 Å². The molecule has 3 rings (SSSR count). The number of thiazole rings is 1. The topological polar surface area (TPSA) is 74.9 Å². The van der Waals surface area contributed by atoms with E-state index in [0.717, 1.165) is 19.4 Å². The van der Waals surface area contributed by atoms with Crippen LogP contribution in [0.3, 0.4) is 0 Å². The van der Waals surface area contributed by atoms with Gasteiger partial charge in [0.25, 0.3) is 5.56 Å². The van der Waals surface area contributed by atoms with Crippen molar-refractivity contribution >= 4 is 22.3 Å². The van der Waals surface area contributed by atoms with Crippen molar-refractivity contribution in [1.29, 1.82) is 0 Å². The molecule has 0 saturated carbocycles. The number of carboxylic acid groups (broad SMARTS) is 1. The van der Waals surface area contributed by atoms with Gasteiger partial charge in [-0.1, -0.05) is 6.92 Å². The molecule has 0 spiro atoms. The van der Waals surface area contributed by atoms with E-state index in [1.54, 1.807) is 6.20 Å². The first-order valence-electron chi connectivity index (χ1n) is 6.99. The fourth-order valence-corrected chi connectivity index (χ4v) is 3.77. The van der Waals surface area contributed by atoms with Gasteiger partial charge < -0.3 is 5.11 Å². The molecule has 0 aliphatic carbocycles. The number of aliphatic carboxylic acids is 1. The zero-order valence-corrected chi connectivity index (χ0v) is 12.5. The van der Waals surface area contributed by atoms with Crippen LogP contribution in [0.25, 0.3) is 4.96 Å². The van der Waals surface area contributed by atoms with Crippen LogP contribution in [0.2, 0.25) is 0 Å². The van der Waals surface area contributed by atoms with E-state index in [1.165, 1.54) is 21.8 Å². The van der Waals surface area contributed by atoms with E-state index in [2.05, 4.69) is 4.98 Å². The van der Waals surface area contributed by atoms with Crippen LogP contribution in [-0.2, 0) is 11.3 Å². The first-order valence-corrected chi connectivity index (χ1v) is 7.87. The number of rotatable bonds is 3. The molecule has 7 heteroatoms. The fraction of sp³-hybridized carbons (Fsp3) is 0.500. The third-order valence-corrected chi connectivity index (χ3v) is 4.77. The van der Waals surface area contributed by atoms with Crippen LogP contribution in [0.5, 0.6) is 0 Å². The Kier molecular flexibility index (Phi) is 3.77. The van der Waals surface area contributed by atoms with Gasteiger partial charge in [-0.05, 0) is 25.3 Å². The van der Waals surface area contributed by atoms with Crippen LogP contribution in [-0.4, -0.2) is 37.9 Å². The van der Waals surface area contributed by atoms with Crippen LogP contribution in [0.1, 0.15) is 25.5 Å². The Bertz CT molecular complexity index is 724. The molecule has 1 fully saturated rings. The van der Waals surface area contributed by atoms with Crippen molar-refractivity contribution < 1.29 is 9.90 Å². The highest BCUT2D eigenvalue weighted by Crippen LogP contribution is 2.24. The molecule has 3 heterocycles. The van der Waals surface area contributed by atoms with Crippen molar-refractivity contribution in [3.05, 3.63) is 33.7 Å². The summed E-state index contributed by atoms with van der Waals surface area (Å²) >= 11 is 1.40. The number of piperidine rings is 1. The van der Waals surface area contributed by atoms with Crippen LogP contribution in [0.15, 0.2) is 22.4 Å². The quantitative estimate of drug-likeness (QED) is 0.928. The number of carboxylic acids is 1. The predicted molar refractivity (Wildman–Crippen MR) is 79.6 cm³/mol. The lowest BCUT2D eigenvalue weighted by Gasteiger charge is -2.36. The summed E-state index contributed by atoms with van der Waals surface area (Å²) in [5.74, 6) is -0.682. The predicted octanol–water partition coefficient (Wildman–Crippen LogP) is 1.44. The lowest BCUT2D eigenvalue weighted by molar-refractivity contribution is -0.147. The van der Waals surface area contributed by atoms with E-state index in [-0.39, 0.29) is 11.5 Å². The monoisotopic (exact) mass is 307 g/mol. The maximum Gasteiger partial charge on any atom is 0.321 e. The minimum atomic E-state index is -0.795. The van der Waals surface area contributed by atoms with Gasteiger partial charge in [0.2, 0.25) is 0 Å². The number of nitrogens with zero attached hydrogens (tertiary/aromatic N) is 3. The molecule has 1 aliphatic heterocycles. The van der Waals surface area contributed by atoms with Gasteiger partial charge in [0, 0.05) is 24.2 Å². The van der Waals surface area contributed by atoms with Crippen LogP contribution >= 0.6 is 11.3 Å². The van der Waals surface area contributed by atoms with Crippen molar-refractivity contribution in [3.63, 3.8) is 0 Å². The third-order valence-electron chi connectivity index (χ3n) is 4.01. The minimum Gasteiger partial charge on any atom is -0.480 e. The van der Waals surface area contributed by atoms with Gasteiger partial charge in [-0.25, -0.2) is 4.98 Å². The summed E-state index contributed by atoms with van der Waals surface area (Å²) in [6.07, 6.45) is 3.60. The molecular formula is C14H17N3O3S. The molecule has 6 nitrogen and oxygen atoms in total. The van der Waals surface area contributed by atoms with Gasteiger partial charge in [-0.15, -0.1) is 11.3 Å². The molecule has 112 valence electrons. The van der Waals surface area contributed by atoms with E-state index >= 15 is 0 Å². The van der Waals surface area contributed by atoms with E-state index in [1.807, 2.05) is 17.2 Å². The van der Waals surface area contributed by atoms with Crippen molar-refractivity contribution in [2.75, 3.05) is 6.54 Å². The summed E-state index contributed by atoms with van der Waals surface area (Å²) in [7, 11) is 0.